The fraction of sp³-hybridized carbons (Fsp3) is 0.214. The maximum atomic E-state index is 13.9. The van der Waals surface area contributed by atoms with E-state index in [1.54, 1.807) is 12.3 Å². The van der Waals surface area contributed by atoms with E-state index < -0.39 is 0 Å². The van der Waals surface area contributed by atoms with Crippen LogP contribution in [0.1, 0.15) is 24.1 Å². The molecule has 1 atom stereocenters. The Bertz CT molecular complexity index is 485. The predicted octanol–water partition coefficient (Wildman–Crippen LogP) is 3.52. The lowest BCUT2D eigenvalue weighted by Gasteiger charge is -2.20. The van der Waals surface area contributed by atoms with E-state index in [-0.39, 0.29) is 11.9 Å². The molecule has 0 aliphatic heterocycles. The van der Waals surface area contributed by atoms with Gasteiger partial charge >= 0.3 is 0 Å². The Balaban J connectivity index is 2.47. The summed E-state index contributed by atoms with van der Waals surface area (Å²) in [6.07, 6.45) is 2.88. The Hall–Kier alpha value is -1.01. The number of nitrogens with zero attached hydrogens (tertiary/aromatic N) is 1. The fourth-order valence-electron chi connectivity index (χ4n) is 1.92. The van der Waals surface area contributed by atoms with Crippen LogP contribution in [0.3, 0.4) is 0 Å². The predicted molar refractivity (Wildman–Crippen MR) is 78.9 cm³/mol. The molecule has 18 heavy (non-hydrogen) atoms. The molecule has 2 nitrogen and oxygen atoms in total. The largest absolute Gasteiger partial charge is 0.306 e. The molecule has 2 aromatic rings. The zero-order chi connectivity index (χ0) is 13.0. The Morgan fingerprint density at radius 3 is 2.72 bits per heavy atom. The Morgan fingerprint density at radius 1 is 1.28 bits per heavy atom. The van der Waals surface area contributed by atoms with Crippen molar-refractivity contribution >= 4 is 22.6 Å². The molecule has 0 spiro atoms. The molecule has 0 amide bonds. The molecule has 1 unspecified atom stereocenters. The highest BCUT2D eigenvalue weighted by Crippen LogP contribution is 2.27. The van der Waals surface area contributed by atoms with Gasteiger partial charge in [0.1, 0.15) is 5.82 Å². The molecular formula is C14H14FIN2. The number of hydrogen-bond donors (Lipinski definition) is 1. The topological polar surface area (TPSA) is 24.9 Å². The SMILES string of the molecule is CCNC(c1ccncc1F)c1ccccc1I. The van der Waals surface area contributed by atoms with E-state index in [9.17, 15) is 4.39 Å². The van der Waals surface area contributed by atoms with Crippen molar-refractivity contribution in [2.75, 3.05) is 6.54 Å². The first-order valence-corrected chi connectivity index (χ1v) is 6.89. The summed E-state index contributed by atoms with van der Waals surface area (Å²) in [5.74, 6) is -0.275. The lowest BCUT2D eigenvalue weighted by Crippen LogP contribution is -2.23. The van der Waals surface area contributed by atoms with Crippen molar-refractivity contribution in [1.82, 2.24) is 10.3 Å². The van der Waals surface area contributed by atoms with Gasteiger partial charge in [0.25, 0.3) is 0 Å². The lowest BCUT2D eigenvalue weighted by molar-refractivity contribution is 0.553. The van der Waals surface area contributed by atoms with E-state index in [1.807, 2.05) is 31.2 Å². The smallest absolute Gasteiger partial charge is 0.146 e. The van der Waals surface area contributed by atoms with E-state index in [0.717, 1.165) is 15.7 Å². The van der Waals surface area contributed by atoms with Crippen molar-refractivity contribution in [2.24, 2.45) is 0 Å². The highest BCUT2D eigenvalue weighted by Gasteiger charge is 2.18. The van der Waals surface area contributed by atoms with Crippen molar-refractivity contribution < 1.29 is 4.39 Å². The van der Waals surface area contributed by atoms with Gasteiger partial charge in [-0.15, -0.1) is 0 Å². The van der Waals surface area contributed by atoms with Crippen LogP contribution >= 0.6 is 22.6 Å². The minimum absolute atomic E-state index is 0.133. The number of hydrogen-bond acceptors (Lipinski definition) is 2. The highest BCUT2D eigenvalue weighted by atomic mass is 127. The number of pyridine rings is 1. The van der Waals surface area contributed by atoms with Crippen molar-refractivity contribution in [2.45, 2.75) is 13.0 Å². The monoisotopic (exact) mass is 356 g/mol. The van der Waals surface area contributed by atoms with Crippen LogP contribution in [0, 0.1) is 9.39 Å². The van der Waals surface area contributed by atoms with E-state index in [1.165, 1.54) is 6.20 Å². The minimum Gasteiger partial charge on any atom is -0.306 e. The van der Waals surface area contributed by atoms with Crippen LogP contribution in [0.2, 0.25) is 0 Å². The molecule has 0 aliphatic carbocycles. The van der Waals surface area contributed by atoms with Gasteiger partial charge in [0.05, 0.1) is 12.2 Å². The summed E-state index contributed by atoms with van der Waals surface area (Å²) in [5, 5.41) is 3.32. The van der Waals surface area contributed by atoms with Gasteiger partial charge in [0.2, 0.25) is 0 Å². The van der Waals surface area contributed by atoms with Crippen LogP contribution in [-0.4, -0.2) is 11.5 Å². The molecule has 2 rings (SSSR count). The fourth-order valence-corrected chi connectivity index (χ4v) is 2.62. The van der Waals surface area contributed by atoms with Crippen molar-refractivity contribution in [1.29, 1.82) is 0 Å². The Kier molecular flexibility index (Phi) is 4.66. The molecule has 1 aromatic carbocycles. The molecule has 94 valence electrons. The van der Waals surface area contributed by atoms with Crippen LogP contribution in [0.25, 0.3) is 0 Å². The molecule has 0 saturated heterocycles. The molecule has 0 bridgehead atoms. The Morgan fingerprint density at radius 2 is 2.06 bits per heavy atom. The van der Waals surface area contributed by atoms with E-state index >= 15 is 0 Å². The van der Waals surface area contributed by atoms with Crippen LogP contribution in [0.5, 0.6) is 0 Å². The molecule has 1 heterocycles. The first-order valence-electron chi connectivity index (χ1n) is 5.81. The molecule has 0 radical (unpaired) electrons. The van der Waals surface area contributed by atoms with Gasteiger partial charge < -0.3 is 5.32 Å². The Labute approximate surface area is 120 Å². The first-order chi connectivity index (χ1) is 8.74. The summed E-state index contributed by atoms with van der Waals surface area (Å²) in [4.78, 5) is 3.80. The van der Waals surface area contributed by atoms with Gasteiger partial charge in [-0.1, -0.05) is 25.1 Å². The average Bonchev–Trinajstić information content (AvgIpc) is 2.38. The molecule has 0 aliphatic rings. The maximum Gasteiger partial charge on any atom is 0.146 e. The van der Waals surface area contributed by atoms with Crippen molar-refractivity contribution in [3.05, 3.63) is 63.2 Å². The normalized spacial score (nSPS) is 12.4. The third-order valence-electron chi connectivity index (χ3n) is 2.74. The van der Waals surface area contributed by atoms with Gasteiger partial charge in [-0.3, -0.25) is 4.98 Å². The summed E-state index contributed by atoms with van der Waals surface area (Å²) in [7, 11) is 0. The quantitative estimate of drug-likeness (QED) is 0.848. The van der Waals surface area contributed by atoms with Gasteiger partial charge in [-0.25, -0.2) is 4.39 Å². The molecule has 0 saturated carbocycles. The number of aromatic nitrogens is 1. The minimum atomic E-state index is -0.275. The van der Waals surface area contributed by atoms with Crippen LogP contribution in [0.4, 0.5) is 4.39 Å². The van der Waals surface area contributed by atoms with E-state index in [2.05, 4.69) is 32.9 Å². The van der Waals surface area contributed by atoms with Gasteiger partial charge in [0, 0.05) is 15.3 Å². The summed E-state index contributed by atoms with van der Waals surface area (Å²) in [6, 6.07) is 9.60. The lowest BCUT2D eigenvalue weighted by atomic mass is 9.99. The third-order valence-corrected chi connectivity index (χ3v) is 3.72. The zero-order valence-electron chi connectivity index (χ0n) is 10.0. The van der Waals surface area contributed by atoms with Gasteiger partial charge in [-0.05, 0) is 46.8 Å². The molecule has 4 heteroatoms. The maximum absolute atomic E-state index is 13.9. The third kappa shape index (κ3) is 2.87. The standard InChI is InChI=1S/C14H14FIN2/c1-2-18-14(10-7-8-17-9-12(10)15)11-5-3-4-6-13(11)16/h3-9,14,18H,2H2,1H3. The van der Waals surface area contributed by atoms with Crippen molar-refractivity contribution in [3.63, 3.8) is 0 Å². The number of benzene rings is 1. The van der Waals surface area contributed by atoms with E-state index in [4.69, 9.17) is 0 Å². The summed E-state index contributed by atoms with van der Waals surface area (Å²) >= 11 is 2.28. The number of nitrogens with one attached hydrogen (secondary N) is 1. The van der Waals surface area contributed by atoms with E-state index in [0.29, 0.717) is 5.56 Å². The molecule has 1 aromatic heterocycles. The summed E-state index contributed by atoms with van der Waals surface area (Å²) < 4.78 is 15.0. The molecule has 1 N–H and O–H groups in total. The number of halogens is 2. The molecule has 0 fully saturated rings. The van der Waals surface area contributed by atoms with Crippen LogP contribution in [-0.2, 0) is 0 Å². The second-order valence-corrected chi connectivity index (χ2v) is 5.07. The summed E-state index contributed by atoms with van der Waals surface area (Å²) in [5.41, 5.74) is 1.72. The van der Waals surface area contributed by atoms with Crippen LogP contribution < -0.4 is 5.32 Å². The van der Waals surface area contributed by atoms with Crippen molar-refractivity contribution in [3.8, 4) is 0 Å². The summed E-state index contributed by atoms with van der Waals surface area (Å²) in [6.45, 7) is 2.79. The average molecular weight is 356 g/mol. The molecular weight excluding hydrogens is 342 g/mol. The zero-order valence-corrected chi connectivity index (χ0v) is 12.2. The van der Waals surface area contributed by atoms with Crippen LogP contribution in [0.15, 0.2) is 42.7 Å². The number of rotatable bonds is 4. The second-order valence-electron chi connectivity index (χ2n) is 3.91. The van der Waals surface area contributed by atoms with Gasteiger partial charge in [-0.2, -0.15) is 0 Å². The van der Waals surface area contributed by atoms with Gasteiger partial charge in [0.15, 0.2) is 0 Å². The second kappa shape index (κ2) is 6.24. The first kappa shape index (κ1) is 13.4. The highest BCUT2D eigenvalue weighted by molar-refractivity contribution is 14.1.